The first-order valence-corrected chi connectivity index (χ1v) is 13.6. The molecule has 0 radical (unpaired) electrons. The number of hydrogen-bond donors (Lipinski definition) is 8. The summed E-state index contributed by atoms with van der Waals surface area (Å²) >= 11 is 0. The number of anilines is 2. The second kappa shape index (κ2) is 14.1. The van der Waals surface area contributed by atoms with E-state index in [1.807, 2.05) is 13.8 Å². The highest BCUT2D eigenvalue weighted by Gasteiger charge is 2.31. The van der Waals surface area contributed by atoms with Gasteiger partial charge in [-0.15, -0.1) is 0 Å². The van der Waals surface area contributed by atoms with Crippen molar-refractivity contribution >= 4 is 46.7 Å². The average molecular weight is 566 g/mol. The third-order valence-electron chi connectivity index (χ3n) is 6.99. The SMILES string of the molecule is CCC(C)[C@@H]1NC(=O)c2cc(N=C(N)N)ccc2NCc2ccc(C(N)=O)cc2NC(=O)C(CCCCN)NC1=O. The summed E-state index contributed by atoms with van der Waals surface area (Å²) in [6.07, 6.45) is 2.16. The second-order valence-electron chi connectivity index (χ2n) is 10.0. The summed E-state index contributed by atoms with van der Waals surface area (Å²) in [6.45, 7) is 4.36. The number of nitrogens with one attached hydrogen (secondary N) is 4. The van der Waals surface area contributed by atoms with E-state index in [0.717, 1.165) is 0 Å². The lowest BCUT2D eigenvalue weighted by atomic mass is 9.96. The summed E-state index contributed by atoms with van der Waals surface area (Å²) in [7, 11) is 0. The molecular weight excluding hydrogens is 526 g/mol. The first-order valence-electron chi connectivity index (χ1n) is 13.6. The van der Waals surface area contributed by atoms with Gasteiger partial charge in [0.1, 0.15) is 12.1 Å². The molecule has 2 unspecified atom stereocenters. The third-order valence-corrected chi connectivity index (χ3v) is 6.99. The first-order chi connectivity index (χ1) is 19.5. The van der Waals surface area contributed by atoms with Crippen LogP contribution in [0, 0.1) is 5.92 Å². The van der Waals surface area contributed by atoms with Crippen LogP contribution < -0.4 is 44.2 Å². The van der Waals surface area contributed by atoms with E-state index in [0.29, 0.717) is 54.9 Å². The lowest BCUT2D eigenvalue weighted by Gasteiger charge is -2.28. The molecule has 0 fully saturated rings. The molecule has 1 aliphatic heterocycles. The highest BCUT2D eigenvalue weighted by atomic mass is 16.2. The maximum absolute atomic E-state index is 13.6. The van der Waals surface area contributed by atoms with Crippen LogP contribution >= 0.6 is 0 Å². The van der Waals surface area contributed by atoms with Gasteiger partial charge in [0.2, 0.25) is 17.7 Å². The Balaban J connectivity index is 2.13. The first kappa shape index (κ1) is 30.9. The molecule has 3 rings (SSSR count). The van der Waals surface area contributed by atoms with Crippen LogP contribution in [-0.4, -0.2) is 48.2 Å². The Hall–Kier alpha value is -4.65. The van der Waals surface area contributed by atoms with Crippen molar-refractivity contribution in [1.82, 2.24) is 10.6 Å². The lowest BCUT2D eigenvalue weighted by molar-refractivity contribution is -0.128. The van der Waals surface area contributed by atoms with Crippen molar-refractivity contribution in [3.8, 4) is 0 Å². The molecular formula is C28H39N9O4. The zero-order valence-corrected chi connectivity index (χ0v) is 23.3. The fourth-order valence-electron chi connectivity index (χ4n) is 4.45. The van der Waals surface area contributed by atoms with Gasteiger partial charge in [-0.05, 0) is 67.6 Å². The highest BCUT2D eigenvalue weighted by Crippen LogP contribution is 2.26. The van der Waals surface area contributed by atoms with E-state index >= 15 is 0 Å². The molecule has 13 nitrogen and oxygen atoms in total. The monoisotopic (exact) mass is 565 g/mol. The number of fused-ring (bicyclic) bond motifs is 2. The minimum Gasteiger partial charge on any atom is -0.380 e. The number of benzene rings is 2. The van der Waals surface area contributed by atoms with Crippen molar-refractivity contribution < 1.29 is 19.2 Å². The Bertz CT molecular complexity index is 1320. The average Bonchev–Trinajstić information content (AvgIpc) is 2.93. The Labute approximate surface area is 238 Å². The van der Waals surface area contributed by atoms with Gasteiger partial charge in [-0.3, -0.25) is 19.2 Å². The number of nitrogens with two attached hydrogens (primary N) is 4. The molecule has 0 saturated carbocycles. The summed E-state index contributed by atoms with van der Waals surface area (Å²) in [5, 5.41) is 11.8. The van der Waals surface area contributed by atoms with Crippen molar-refractivity contribution in [2.75, 3.05) is 17.2 Å². The number of unbranched alkanes of at least 4 members (excludes halogenated alkanes) is 1. The molecule has 0 spiro atoms. The molecule has 0 aliphatic carbocycles. The van der Waals surface area contributed by atoms with E-state index in [9.17, 15) is 19.2 Å². The molecule has 220 valence electrons. The summed E-state index contributed by atoms with van der Waals surface area (Å²) in [6, 6.07) is 7.62. The van der Waals surface area contributed by atoms with Gasteiger partial charge in [-0.2, -0.15) is 0 Å². The van der Waals surface area contributed by atoms with E-state index in [1.165, 1.54) is 12.1 Å². The zero-order chi connectivity index (χ0) is 30.1. The van der Waals surface area contributed by atoms with Gasteiger partial charge in [-0.25, -0.2) is 4.99 Å². The zero-order valence-electron chi connectivity index (χ0n) is 23.3. The predicted molar refractivity (Wildman–Crippen MR) is 158 cm³/mol. The van der Waals surface area contributed by atoms with Gasteiger partial charge in [0.05, 0.1) is 11.3 Å². The molecule has 2 aromatic carbocycles. The summed E-state index contributed by atoms with van der Waals surface area (Å²) in [5.74, 6) is -2.58. The lowest BCUT2D eigenvalue weighted by Crippen LogP contribution is -2.55. The van der Waals surface area contributed by atoms with E-state index in [2.05, 4.69) is 26.3 Å². The van der Waals surface area contributed by atoms with Crippen molar-refractivity contribution in [1.29, 1.82) is 0 Å². The Morgan fingerprint density at radius 1 is 1.00 bits per heavy atom. The quantitative estimate of drug-likeness (QED) is 0.130. The summed E-state index contributed by atoms with van der Waals surface area (Å²) < 4.78 is 0. The number of carbonyl (C=O) groups excluding carboxylic acids is 4. The minimum absolute atomic E-state index is 0.174. The number of carbonyl (C=O) groups is 4. The molecule has 3 atom stereocenters. The molecule has 41 heavy (non-hydrogen) atoms. The number of hydrogen-bond acceptors (Lipinski definition) is 7. The highest BCUT2D eigenvalue weighted by molar-refractivity contribution is 6.04. The predicted octanol–water partition coefficient (Wildman–Crippen LogP) is 1.01. The molecule has 1 heterocycles. The fraction of sp³-hybridized carbons (Fsp3) is 0.393. The Morgan fingerprint density at radius 3 is 2.41 bits per heavy atom. The van der Waals surface area contributed by atoms with E-state index in [1.54, 1.807) is 24.3 Å². The summed E-state index contributed by atoms with van der Waals surface area (Å²) in [5.41, 5.74) is 24.4. The van der Waals surface area contributed by atoms with Crippen LogP contribution in [0.1, 0.15) is 65.8 Å². The van der Waals surface area contributed by atoms with E-state index in [4.69, 9.17) is 22.9 Å². The molecule has 13 heteroatoms. The van der Waals surface area contributed by atoms with Gasteiger partial charge in [0, 0.05) is 23.5 Å². The van der Waals surface area contributed by atoms with Crippen LogP contribution in [0.5, 0.6) is 0 Å². The second-order valence-corrected chi connectivity index (χ2v) is 10.0. The van der Waals surface area contributed by atoms with Crippen molar-refractivity contribution in [3.05, 3.63) is 53.1 Å². The van der Waals surface area contributed by atoms with Crippen LogP contribution in [0.4, 0.5) is 17.1 Å². The van der Waals surface area contributed by atoms with Gasteiger partial charge in [-0.1, -0.05) is 26.3 Å². The third kappa shape index (κ3) is 8.18. The Morgan fingerprint density at radius 2 is 1.76 bits per heavy atom. The number of primary amides is 1. The van der Waals surface area contributed by atoms with Crippen LogP contribution in [0.15, 0.2) is 41.4 Å². The molecule has 12 N–H and O–H groups in total. The van der Waals surface area contributed by atoms with E-state index < -0.39 is 35.7 Å². The van der Waals surface area contributed by atoms with Crippen molar-refractivity contribution in [3.63, 3.8) is 0 Å². The molecule has 4 amide bonds. The number of amides is 4. The molecule has 0 aromatic heterocycles. The summed E-state index contributed by atoms with van der Waals surface area (Å²) in [4.78, 5) is 56.6. The molecule has 2 aromatic rings. The van der Waals surface area contributed by atoms with E-state index in [-0.39, 0.29) is 29.5 Å². The number of guanidine groups is 1. The van der Waals surface area contributed by atoms with Gasteiger partial charge in [0.25, 0.3) is 5.91 Å². The number of aliphatic imine (C=N–C) groups is 1. The largest absolute Gasteiger partial charge is 0.380 e. The van der Waals surface area contributed by atoms with Gasteiger partial charge >= 0.3 is 0 Å². The fourth-order valence-corrected chi connectivity index (χ4v) is 4.45. The maximum atomic E-state index is 13.6. The van der Waals surface area contributed by atoms with Crippen LogP contribution in [0.2, 0.25) is 0 Å². The van der Waals surface area contributed by atoms with Crippen LogP contribution in [0.3, 0.4) is 0 Å². The molecule has 1 aliphatic rings. The maximum Gasteiger partial charge on any atom is 0.254 e. The topological polar surface area (TPSA) is 233 Å². The van der Waals surface area contributed by atoms with Gasteiger partial charge < -0.3 is 44.2 Å². The normalized spacial score (nSPS) is 18.3. The van der Waals surface area contributed by atoms with Crippen LogP contribution in [-0.2, 0) is 16.1 Å². The van der Waals surface area contributed by atoms with Crippen LogP contribution in [0.25, 0.3) is 0 Å². The minimum atomic E-state index is -0.936. The molecule has 0 saturated heterocycles. The number of rotatable bonds is 8. The standard InChI is InChI=1S/C28H39N9O4/c1-3-15(2)23-27(41)35-21(6-4-5-11-29)26(40)36-22-12-16(24(30)38)7-8-17(22)14-33-20-10-9-18(34-28(31)32)13-19(20)25(39)37-23/h7-10,12-13,15,21,23,33H,3-6,11,14,29H2,1-2H3,(H2,30,38)(H,35,41)(H,36,40)(H,37,39)(H4,31,32,34)/t15?,21?,23-/m0/s1. The Kier molecular flexibility index (Phi) is 10.6. The van der Waals surface area contributed by atoms with Gasteiger partial charge in [0.15, 0.2) is 5.96 Å². The van der Waals surface area contributed by atoms with Crippen molar-refractivity contribution in [2.24, 2.45) is 33.8 Å². The molecule has 0 bridgehead atoms. The number of nitrogens with zero attached hydrogens (tertiary/aromatic N) is 1. The smallest absolute Gasteiger partial charge is 0.254 e. The van der Waals surface area contributed by atoms with Crippen molar-refractivity contribution in [2.45, 2.75) is 58.2 Å².